The van der Waals surface area contributed by atoms with Crippen LogP contribution >= 0.6 is 11.6 Å². The molecular weight excluding hydrogens is 417 g/mol. The van der Waals surface area contributed by atoms with Crippen molar-refractivity contribution >= 4 is 23.5 Å². The first kappa shape index (κ1) is 23.3. The number of likely N-dealkylation sites (N-methyl/N-ethyl adjacent to an activating group) is 1. The lowest BCUT2D eigenvalue weighted by Crippen LogP contribution is -2.55. The Kier molecular flexibility index (Phi) is 7.09. The average Bonchev–Trinajstić information content (AvgIpc) is 3.15. The first-order valence-corrected chi connectivity index (χ1v) is 10.7. The number of fused-ring (bicyclic) bond motifs is 1. The molecule has 6 nitrogen and oxygen atoms in total. The SMILES string of the molecule is CC(C)c1cc(-c2ccc(F)c(Cl)c2)nn2cc(C=O)nc12.CN1CCNCC1(C)C. The van der Waals surface area contributed by atoms with Crippen LogP contribution in [0.5, 0.6) is 0 Å². The van der Waals surface area contributed by atoms with Gasteiger partial charge in [0, 0.05) is 36.3 Å². The Bertz CT molecular complexity index is 1080. The van der Waals surface area contributed by atoms with Crippen LogP contribution in [0.25, 0.3) is 16.9 Å². The maximum atomic E-state index is 13.3. The molecular formula is C23H29ClFN5O. The molecule has 0 saturated carbocycles. The van der Waals surface area contributed by atoms with Gasteiger partial charge in [-0.05, 0) is 51.1 Å². The monoisotopic (exact) mass is 445 g/mol. The number of benzene rings is 1. The number of rotatable bonds is 3. The fourth-order valence-electron chi connectivity index (χ4n) is 3.38. The maximum absolute atomic E-state index is 13.3. The van der Waals surface area contributed by atoms with Crippen molar-refractivity contribution in [2.24, 2.45) is 0 Å². The highest BCUT2D eigenvalue weighted by Crippen LogP contribution is 2.28. The lowest BCUT2D eigenvalue weighted by atomic mass is 10.0. The molecule has 8 heteroatoms. The van der Waals surface area contributed by atoms with Gasteiger partial charge in [0.15, 0.2) is 11.9 Å². The molecule has 1 aromatic carbocycles. The van der Waals surface area contributed by atoms with E-state index in [1.807, 2.05) is 19.9 Å². The second-order valence-electron chi connectivity index (χ2n) is 8.73. The largest absolute Gasteiger partial charge is 0.314 e. The van der Waals surface area contributed by atoms with Gasteiger partial charge >= 0.3 is 0 Å². The summed E-state index contributed by atoms with van der Waals surface area (Å²) in [6.07, 6.45) is 2.26. The van der Waals surface area contributed by atoms with E-state index in [0.717, 1.165) is 18.7 Å². The van der Waals surface area contributed by atoms with Crippen molar-refractivity contribution in [3.63, 3.8) is 0 Å². The number of aromatic nitrogens is 3. The van der Waals surface area contributed by atoms with Gasteiger partial charge in [-0.25, -0.2) is 13.9 Å². The van der Waals surface area contributed by atoms with Crippen LogP contribution in [0.1, 0.15) is 49.7 Å². The van der Waals surface area contributed by atoms with Gasteiger partial charge in [0.05, 0.1) is 16.9 Å². The van der Waals surface area contributed by atoms with Gasteiger partial charge in [-0.2, -0.15) is 5.10 Å². The molecule has 0 aliphatic carbocycles. The lowest BCUT2D eigenvalue weighted by molar-refractivity contribution is 0.111. The summed E-state index contributed by atoms with van der Waals surface area (Å²) in [4.78, 5) is 17.6. The van der Waals surface area contributed by atoms with Gasteiger partial charge in [0.1, 0.15) is 11.5 Å². The van der Waals surface area contributed by atoms with Crippen molar-refractivity contribution in [2.75, 3.05) is 26.7 Å². The van der Waals surface area contributed by atoms with Crippen LogP contribution in [0.4, 0.5) is 4.39 Å². The minimum Gasteiger partial charge on any atom is -0.314 e. The van der Waals surface area contributed by atoms with Crippen molar-refractivity contribution in [1.29, 1.82) is 0 Å². The summed E-state index contributed by atoms with van der Waals surface area (Å²) in [5, 5.41) is 7.85. The molecule has 0 atom stereocenters. The molecule has 0 bridgehead atoms. The molecule has 1 fully saturated rings. The Labute approximate surface area is 187 Å². The summed E-state index contributed by atoms with van der Waals surface area (Å²) in [5.41, 5.74) is 3.64. The van der Waals surface area contributed by atoms with E-state index in [1.54, 1.807) is 16.8 Å². The zero-order valence-electron chi connectivity index (χ0n) is 18.6. The normalized spacial score (nSPS) is 16.3. The van der Waals surface area contributed by atoms with Crippen LogP contribution in [-0.4, -0.2) is 58.0 Å². The molecule has 1 N–H and O–H groups in total. The van der Waals surface area contributed by atoms with Crippen LogP contribution in [0.15, 0.2) is 30.5 Å². The number of carbonyl (C=O) groups is 1. The van der Waals surface area contributed by atoms with Gasteiger partial charge in [-0.15, -0.1) is 0 Å². The van der Waals surface area contributed by atoms with E-state index < -0.39 is 5.82 Å². The number of carbonyl (C=O) groups excluding carboxylic acids is 1. The lowest BCUT2D eigenvalue weighted by Gasteiger charge is -2.40. The van der Waals surface area contributed by atoms with Crippen molar-refractivity contribution < 1.29 is 9.18 Å². The van der Waals surface area contributed by atoms with E-state index in [4.69, 9.17) is 11.6 Å². The Hall–Kier alpha value is -2.35. The summed E-state index contributed by atoms with van der Waals surface area (Å²) in [7, 11) is 2.18. The van der Waals surface area contributed by atoms with Gasteiger partial charge in [-0.1, -0.05) is 25.4 Å². The van der Waals surface area contributed by atoms with Gasteiger partial charge in [0.25, 0.3) is 0 Å². The van der Waals surface area contributed by atoms with Crippen LogP contribution in [-0.2, 0) is 0 Å². The minimum atomic E-state index is -0.471. The number of nitrogens with one attached hydrogen (secondary N) is 1. The van der Waals surface area contributed by atoms with Crippen LogP contribution in [0.2, 0.25) is 5.02 Å². The minimum absolute atomic E-state index is 0.0460. The summed E-state index contributed by atoms with van der Waals surface area (Å²) in [5.74, 6) is -0.275. The summed E-state index contributed by atoms with van der Waals surface area (Å²) in [6.45, 7) is 12.0. The van der Waals surface area contributed by atoms with Crippen molar-refractivity contribution in [3.8, 4) is 11.3 Å². The Morgan fingerprint density at radius 3 is 2.58 bits per heavy atom. The average molecular weight is 446 g/mol. The first-order chi connectivity index (χ1) is 14.6. The molecule has 1 aliphatic rings. The molecule has 0 spiro atoms. The van der Waals surface area contributed by atoms with Gasteiger partial charge in [-0.3, -0.25) is 9.69 Å². The molecule has 0 amide bonds. The Morgan fingerprint density at radius 1 is 1.29 bits per heavy atom. The number of aldehydes is 1. The Balaban J connectivity index is 0.000000254. The fraction of sp³-hybridized carbons (Fsp3) is 0.435. The highest BCUT2D eigenvalue weighted by Gasteiger charge is 2.25. The van der Waals surface area contributed by atoms with E-state index in [1.165, 1.54) is 18.7 Å². The topological polar surface area (TPSA) is 62.5 Å². The molecule has 0 radical (unpaired) electrons. The molecule has 3 aromatic rings. The molecule has 1 aliphatic heterocycles. The second-order valence-corrected chi connectivity index (χ2v) is 9.14. The molecule has 166 valence electrons. The number of hydrogen-bond donors (Lipinski definition) is 1. The number of imidazole rings is 1. The third kappa shape index (κ3) is 5.29. The highest BCUT2D eigenvalue weighted by molar-refractivity contribution is 6.31. The number of hydrogen-bond acceptors (Lipinski definition) is 5. The van der Waals surface area contributed by atoms with E-state index >= 15 is 0 Å². The third-order valence-corrected chi connectivity index (χ3v) is 5.94. The summed E-state index contributed by atoms with van der Waals surface area (Å²) in [6, 6.07) is 6.36. The number of halogens is 2. The number of nitrogens with zero attached hydrogens (tertiary/aromatic N) is 4. The number of piperazine rings is 1. The van der Waals surface area contributed by atoms with Crippen LogP contribution in [0.3, 0.4) is 0 Å². The molecule has 1 saturated heterocycles. The van der Waals surface area contributed by atoms with Crippen molar-refractivity contribution in [2.45, 2.75) is 39.2 Å². The predicted octanol–water partition coefficient (Wildman–Crippen LogP) is 4.42. The quantitative estimate of drug-likeness (QED) is 0.604. The van der Waals surface area contributed by atoms with E-state index in [-0.39, 0.29) is 10.9 Å². The molecule has 2 aromatic heterocycles. The van der Waals surface area contributed by atoms with Crippen molar-refractivity contribution in [3.05, 3.63) is 52.6 Å². The zero-order chi connectivity index (χ0) is 22.8. The zero-order valence-corrected chi connectivity index (χ0v) is 19.4. The second kappa shape index (κ2) is 9.42. The van der Waals surface area contributed by atoms with Crippen molar-refractivity contribution in [1.82, 2.24) is 24.8 Å². The first-order valence-electron chi connectivity index (χ1n) is 10.4. The van der Waals surface area contributed by atoms with Gasteiger partial charge < -0.3 is 5.32 Å². The Morgan fingerprint density at radius 2 is 2.03 bits per heavy atom. The van der Waals surface area contributed by atoms with E-state index in [2.05, 4.69) is 41.2 Å². The smallest absolute Gasteiger partial charge is 0.170 e. The maximum Gasteiger partial charge on any atom is 0.170 e. The summed E-state index contributed by atoms with van der Waals surface area (Å²) >= 11 is 5.84. The predicted molar refractivity (Wildman–Crippen MR) is 122 cm³/mol. The highest BCUT2D eigenvalue weighted by atomic mass is 35.5. The van der Waals surface area contributed by atoms with Gasteiger partial charge in [0.2, 0.25) is 0 Å². The summed E-state index contributed by atoms with van der Waals surface area (Å²) < 4.78 is 14.9. The fourth-order valence-corrected chi connectivity index (χ4v) is 3.56. The molecule has 3 heterocycles. The van der Waals surface area contributed by atoms with Crippen LogP contribution in [0, 0.1) is 5.82 Å². The van der Waals surface area contributed by atoms with Crippen LogP contribution < -0.4 is 5.32 Å². The molecule has 0 unspecified atom stereocenters. The molecule has 4 rings (SSSR count). The molecule has 31 heavy (non-hydrogen) atoms. The van der Waals surface area contributed by atoms with E-state index in [9.17, 15) is 9.18 Å². The standard InChI is InChI=1S/C16H13ClFN3O.C7H16N2/c1-9(2)12-6-15(10-3-4-14(18)13(17)5-10)20-21-7-11(8-22)19-16(12)21;1-7(2)6-8-4-5-9(7)3/h3-9H,1-2H3;8H,4-6H2,1-3H3. The van der Waals surface area contributed by atoms with E-state index in [0.29, 0.717) is 34.4 Å². The third-order valence-electron chi connectivity index (χ3n) is 5.65.